The van der Waals surface area contributed by atoms with Crippen LogP contribution in [0.25, 0.3) is 0 Å². The molecular weight excluding hydrogens is 421 g/mol. The molecule has 5 heteroatoms. The number of benzene rings is 3. The van der Waals surface area contributed by atoms with Crippen molar-refractivity contribution >= 4 is 22.0 Å². The highest BCUT2D eigenvalue weighted by atomic mass is 79.9. The van der Waals surface area contributed by atoms with Gasteiger partial charge < -0.3 is 10.1 Å². The zero-order chi connectivity index (χ0) is 19.8. The fourth-order valence-electron chi connectivity index (χ4n) is 2.91. The van der Waals surface area contributed by atoms with Gasteiger partial charge in [-0.05, 0) is 57.6 Å². The molecule has 0 aliphatic rings. The van der Waals surface area contributed by atoms with Crippen LogP contribution in [0.1, 0.15) is 29.2 Å². The number of nitrogens with one attached hydrogen (secondary N) is 1. The first kappa shape index (κ1) is 20.1. The summed E-state index contributed by atoms with van der Waals surface area (Å²) in [5.74, 6) is -0.336. The summed E-state index contributed by atoms with van der Waals surface area (Å²) < 4.78 is 19.3. The van der Waals surface area contributed by atoms with Crippen LogP contribution in [-0.2, 0) is 17.8 Å². The first-order chi connectivity index (χ1) is 13.6. The Morgan fingerprint density at radius 2 is 1.61 bits per heavy atom. The van der Waals surface area contributed by atoms with Gasteiger partial charge in [-0.1, -0.05) is 66.7 Å². The van der Waals surface area contributed by atoms with E-state index in [4.69, 9.17) is 4.74 Å². The predicted octanol–water partition coefficient (Wildman–Crippen LogP) is 6.19. The van der Waals surface area contributed by atoms with Crippen molar-refractivity contribution in [2.24, 2.45) is 0 Å². The molecule has 1 unspecified atom stereocenters. The normalized spacial score (nSPS) is 11.6. The molecule has 3 aromatic carbocycles. The number of ether oxygens (including phenoxy) is 1. The molecule has 1 atom stereocenters. The third-order valence-electron chi connectivity index (χ3n) is 4.42. The van der Waals surface area contributed by atoms with E-state index in [2.05, 4.69) is 21.2 Å². The van der Waals surface area contributed by atoms with Crippen molar-refractivity contribution in [2.45, 2.75) is 25.5 Å². The Labute approximate surface area is 172 Å². The molecule has 0 bridgehead atoms. The quantitative estimate of drug-likeness (QED) is 0.474. The largest absolute Gasteiger partial charge is 0.445 e. The average molecular weight is 442 g/mol. The Kier molecular flexibility index (Phi) is 7.20. The molecule has 0 fully saturated rings. The van der Waals surface area contributed by atoms with Gasteiger partial charge in [0.15, 0.2) is 0 Å². The van der Waals surface area contributed by atoms with Crippen molar-refractivity contribution < 1.29 is 13.9 Å². The second kappa shape index (κ2) is 10.0. The lowest BCUT2D eigenvalue weighted by atomic mass is 9.99. The molecular formula is C23H21BrFNO2. The number of hydrogen-bond donors (Lipinski definition) is 1. The monoisotopic (exact) mass is 441 g/mol. The van der Waals surface area contributed by atoms with E-state index in [1.165, 1.54) is 11.6 Å². The van der Waals surface area contributed by atoms with E-state index in [1.54, 1.807) is 12.1 Å². The van der Waals surface area contributed by atoms with Crippen molar-refractivity contribution in [3.8, 4) is 0 Å². The average Bonchev–Trinajstić information content (AvgIpc) is 2.73. The molecule has 0 aliphatic carbocycles. The van der Waals surface area contributed by atoms with Gasteiger partial charge in [0.25, 0.3) is 0 Å². The number of alkyl carbamates (subject to hydrolysis) is 1. The molecule has 1 N–H and O–H groups in total. The summed E-state index contributed by atoms with van der Waals surface area (Å²) in [4.78, 5) is 12.3. The van der Waals surface area contributed by atoms with Crippen LogP contribution in [0.3, 0.4) is 0 Å². The molecule has 0 saturated carbocycles. The molecule has 0 heterocycles. The number of halogens is 2. The number of carbonyl (C=O) groups is 1. The molecule has 3 aromatic rings. The number of amides is 1. The SMILES string of the molecule is O=C(NC(CCc1ccccc1)c1ccc(F)c(Br)c1)OCc1ccccc1. The predicted molar refractivity (Wildman–Crippen MR) is 111 cm³/mol. The second-order valence-corrected chi connectivity index (χ2v) is 7.31. The molecule has 0 saturated heterocycles. The molecule has 1 amide bonds. The Morgan fingerprint density at radius 1 is 0.964 bits per heavy atom. The number of rotatable bonds is 7. The van der Waals surface area contributed by atoms with Gasteiger partial charge in [0.1, 0.15) is 12.4 Å². The molecule has 0 aromatic heterocycles. The first-order valence-corrected chi connectivity index (χ1v) is 9.87. The zero-order valence-corrected chi connectivity index (χ0v) is 16.9. The fourth-order valence-corrected chi connectivity index (χ4v) is 3.31. The summed E-state index contributed by atoms with van der Waals surface area (Å²) in [6.07, 6.45) is 0.949. The van der Waals surface area contributed by atoms with E-state index in [-0.39, 0.29) is 18.5 Å². The van der Waals surface area contributed by atoms with Gasteiger partial charge in [0, 0.05) is 0 Å². The van der Waals surface area contributed by atoms with E-state index in [9.17, 15) is 9.18 Å². The van der Waals surface area contributed by atoms with E-state index in [0.717, 1.165) is 17.5 Å². The highest BCUT2D eigenvalue weighted by Crippen LogP contribution is 2.25. The van der Waals surface area contributed by atoms with Crippen LogP contribution < -0.4 is 5.32 Å². The summed E-state index contributed by atoms with van der Waals surface area (Å²) >= 11 is 3.22. The van der Waals surface area contributed by atoms with Crippen LogP contribution in [0.2, 0.25) is 0 Å². The highest BCUT2D eigenvalue weighted by Gasteiger charge is 2.17. The van der Waals surface area contributed by atoms with Crippen LogP contribution in [-0.4, -0.2) is 6.09 Å². The van der Waals surface area contributed by atoms with Gasteiger partial charge in [-0.2, -0.15) is 0 Å². The third kappa shape index (κ3) is 5.92. The van der Waals surface area contributed by atoms with Crippen LogP contribution in [0, 0.1) is 5.82 Å². The first-order valence-electron chi connectivity index (χ1n) is 9.08. The highest BCUT2D eigenvalue weighted by molar-refractivity contribution is 9.10. The lowest BCUT2D eigenvalue weighted by molar-refractivity contribution is 0.135. The summed E-state index contributed by atoms with van der Waals surface area (Å²) in [7, 11) is 0. The standard InChI is InChI=1S/C23H21BrFNO2/c24-20-15-19(12-13-21(20)25)22(14-11-17-7-3-1-4-8-17)26-23(27)28-16-18-9-5-2-6-10-18/h1-10,12-13,15,22H,11,14,16H2,(H,26,27). The smallest absolute Gasteiger partial charge is 0.407 e. The van der Waals surface area contributed by atoms with Crippen molar-refractivity contribution in [1.29, 1.82) is 0 Å². The second-order valence-electron chi connectivity index (χ2n) is 6.46. The van der Waals surface area contributed by atoms with Crippen LogP contribution in [0.4, 0.5) is 9.18 Å². The van der Waals surface area contributed by atoms with E-state index < -0.39 is 6.09 Å². The molecule has 28 heavy (non-hydrogen) atoms. The summed E-state index contributed by atoms with van der Waals surface area (Å²) in [6.45, 7) is 0.200. The van der Waals surface area contributed by atoms with Crippen LogP contribution >= 0.6 is 15.9 Å². The van der Waals surface area contributed by atoms with Gasteiger partial charge in [0.2, 0.25) is 0 Å². The number of carbonyl (C=O) groups excluding carboxylic acids is 1. The maximum atomic E-state index is 13.6. The zero-order valence-electron chi connectivity index (χ0n) is 15.3. The maximum absolute atomic E-state index is 13.6. The molecule has 3 nitrogen and oxygen atoms in total. The lowest BCUT2D eigenvalue weighted by Gasteiger charge is -2.20. The Morgan fingerprint density at radius 3 is 2.25 bits per heavy atom. The summed E-state index contributed by atoms with van der Waals surface area (Å²) in [5, 5.41) is 2.92. The fraction of sp³-hybridized carbons (Fsp3) is 0.174. The Balaban J connectivity index is 1.67. The number of hydrogen-bond acceptors (Lipinski definition) is 2. The molecule has 0 aliphatic heterocycles. The van der Waals surface area contributed by atoms with Gasteiger partial charge in [-0.15, -0.1) is 0 Å². The van der Waals surface area contributed by atoms with Crippen molar-refractivity contribution in [2.75, 3.05) is 0 Å². The van der Waals surface area contributed by atoms with Crippen molar-refractivity contribution in [1.82, 2.24) is 5.32 Å². The minimum atomic E-state index is -0.498. The third-order valence-corrected chi connectivity index (χ3v) is 5.02. The minimum absolute atomic E-state index is 0.200. The van der Waals surface area contributed by atoms with Crippen LogP contribution in [0.15, 0.2) is 83.3 Å². The summed E-state index contributed by atoms with van der Waals surface area (Å²) in [5.41, 5.74) is 2.91. The van der Waals surface area contributed by atoms with Gasteiger partial charge >= 0.3 is 6.09 Å². The van der Waals surface area contributed by atoms with Gasteiger partial charge in [0.05, 0.1) is 10.5 Å². The summed E-state index contributed by atoms with van der Waals surface area (Å²) in [6, 6.07) is 24.0. The van der Waals surface area contributed by atoms with E-state index in [0.29, 0.717) is 10.9 Å². The van der Waals surface area contributed by atoms with Gasteiger partial charge in [-0.3, -0.25) is 0 Å². The molecule has 3 rings (SSSR count). The molecule has 144 valence electrons. The maximum Gasteiger partial charge on any atom is 0.407 e. The topological polar surface area (TPSA) is 38.3 Å². The molecule has 0 radical (unpaired) electrons. The van der Waals surface area contributed by atoms with Crippen molar-refractivity contribution in [3.05, 3.63) is 106 Å². The Bertz CT molecular complexity index is 903. The molecule has 0 spiro atoms. The van der Waals surface area contributed by atoms with E-state index >= 15 is 0 Å². The lowest BCUT2D eigenvalue weighted by Crippen LogP contribution is -2.29. The van der Waals surface area contributed by atoms with E-state index in [1.807, 2.05) is 60.7 Å². The number of aryl methyl sites for hydroxylation is 1. The Hall–Kier alpha value is -2.66. The minimum Gasteiger partial charge on any atom is -0.445 e. The van der Waals surface area contributed by atoms with Crippen LogP contribution in [0.5, 0.6) is 0 Å². The van der Waals surface area contributed by atoms with Crippen molar-refractivity contribution in [3.63, 3.8) is 0 Å². The van der Waals surface area contributed by atoms with Gasteiger partial charge in [-0.25, -0.2) is 9.18 Å².